The first-order chi connectivity index (χ1) is 30.7. The molecular weight excluding hydrogens is 860 g/mol. The van der Waals surface area contributed by atoms with Crippen LogP contribution in [-0.2, 0) is 31.5 Å². The van der Waals surface area contributed by atoms with Crippen LogP contribution < -0.4 is 26.4 Å². The number of hydrogen-bond donors (Lipinski definition) is 3. The minimum absolute atomic E-state index is 0.0817. The first-order valence-corrected chi connectivity index (χ1v) is 24.7. The van der Waals surface area contributed by atoms with E-state index in [-0.39, 0.29) is 70.5 Å². The number of anilines is 3. The number of nitrogens with one attached hydrogen (secondary N) is 2. The third-order valence-electron chi connectivity index (χ3n) is 13.9. The van der Waals surface area contributed by atoms with Crippen molar-refractivity contribution in [1.82, 2.24) is 34.3 Å². The van der Waals surface area contributed by atoms with E-state index in [9.17, 15) is 27.6 Å². The number of nitrogens with zero attached hydrogens (tertiary/aromatic N) is 7. The molecule has 6 heterocycles. The Morgan fingerprint density at radius 1 is 0.969 bits per heavy atom. The third kappa shape index (κ3) is 8.27. The van der Waals surface area contributed by atoms with E-state index in [4.69, 9.17) is 10.7 Å². The van der Waals surface area contributed by atoms with Crippen molar-refractivity contribution in [2.24, 2.45) is 18.4 Å². The zero-order valence-corrected chi connectivity index (χ0v) is 37.6. The number of para-hydroxylation sites is 1. The monoisotopic (exact) mass is 912 g/mol. The van der Waals surface area contributed by atoms with Crippen molar-refractivity contribution in [2.75, 3.05) is 47.3 Å². The molecule has 1 spiro atoms. The molecule has 0 bridgehead atoms. The number of nitrogen functional groups attached to an aromatic ring is 1. The van der Waals surface area contributed by atoms with Crippen LogP contribution in [0.5, 0.6) is 0 Å². The molecule has 4 fully saturated rings. The van der Waals surface area contributed by atoms with Gasteiger partial charge in [0.05, 0.1) is 49.4 Å². The molecule has 0 unspecified atom stereocenters. The molecule has 64 heavy (non-hydrogen) atoms. The highest BCUT2D eigenvalue weighted by molar-refractivity contribution is 7.92. The second-order valence-electron chi connectivity index (χ2n) is 17.8. The number of carbonyl (C=O) groups is 3. The predicted molar refractivity (Wildman–Crippen MR) is 244 cm³/mol. The topological polar surface area (TPSA) is 208 Å². The van der Waals surface area contributed by atoms with E-state index in [2.05, 4.69) is 29.8 Å². The van der Waals surface area contributed by atoms with Crippen molar-refractivity contribution in [3.63, 3.8) is 0 Å². The summed E-state index contributed by atoms with van der Waals surface area (Å²) in [5.41, 5.74) is 9.02. The van der Waals surface area contributed by atoms with E-state index in [0.717, 1.165) is 67.8 Å². The van der Waals surface area contributed by atoms with Crippen LogP contribution in [0.25, 0.3) is 32.9 Å². The van der Waals surface area contributed by atoms with Crippen LogP contribution in [0.4, 0.5) is 21.7 Å². The SMILES string of the molecule is CCCS(=O)(=O)Nc1cccc(-c2nc(C3CCC4(CC3)CCN(C(=O)C3CCN(c5cccc6c5n(C)c(=O)n6[C@@H]5CCC(=O)NC5=O)CC3)CC4)sc2-c2ccnc(N)n2)c1F. The van der Waals surface area contributed by atoms with Crippen molar-refractivity contribution >= 4 is 67.4 Å². The number of carbonyl (C=O) groups excluding carboxylic acids is 3. The van der Waals surface area contributed by atoms with Gasteiger partial charge in [0.1, 0.15) is 6.04 Å². The average Bonchev–Trinajstić information content (AvgIpc) is 3.83. The Balaban J connectivity index is 0.838. The minimum Gasteiger partial charge on any atom is -0.370 e. The lowest BCUT2D eigenvalue weighted by atomic mass is 9.65. The van der Waals surface area contributed by atoms with Crippen LogP contribution in [0, 0.1) is 17.2 Å². The van der Waals surface area contributed by atoms with E-state index >= 15 is 4.39 Å². The fraction of sp³-hybridized carbons (Fsp3) is 0.489. The molecule has 3 saturated heterocycles. The minimum atomic E-state index is -3.73. The molecule has 3 amide bonds. The van der Waals surface area contributed by atoms with Crippen LogP contribution >= 0.6 is 11.3 Å². The van der Waals surface area contributed by atoms with Gasteiger partial charge in [0.2, 0.25) is 33.7 Å². The number of piperidine rings is 3. The van der Waals surface area contributed by atoms with Gasteiger partial charge < -0.3 is 15.5 Å². The lowest BCUT2D eigenvalue weighted by molar-refractivity contribution is -0.139. The number of fused-ring (bicyclic) bond motifs is 1. The first-order valence-electron chi connectivity index (χ1n) is 22.2. The van der Waals surface area contributed by atoms with Crippen molar-refractivity contribution in [3.8, 4) is 21.8 Å². The lowest BCUT2D eigenvalue weighted by Gasteiger charge is -2.46. The molecule has 3 aromatic heterocycles. The number of rotatable bonds is 10. The summed E-state index contributed by atoms with van der Waals surface area (Å²) < 4.78 is 46.8. The van der Waals surface area contributed by atoms with E-state index in [1.165, 1.54) is 22.0 Å². The molecule has 9 rings (SSSR count). The number of likely N-dealkylation sites (tertiary alicyclic amines) is 1. The summed E-state index contributed by atoms with van der Waals surface area (Å²) in [6, 6.07) is 11.3. The molecular formula is C45H53FN10O6S2. The van der Waals surface area contributed by atoms with Crippen molar-refractivity contribution in [3.05, 3.63) is 70.0 Å². The van der Waals surface area contributed by atoms with Crippen LogP contribution in [0.15, 0.2) is 53.5 Å². The van der Waals surface area contributed by atoms with Crippen molar-refractivity contribution < 1.29 is 27.2 Å². The van der Waals surface area contributed by atoms with Crippen molar-refractivity contribution in [1.29, 1.82) is 0 Å². The molecule has 3 aliphatic heterocycles. The molecule has 1 aliphatic carbocycles. The number of nitrogens with two attached hydrogens (primary N) is 1. The fourth-order valence-electron chi connectivity index (χ4n) is 10.4. The number of amides is 3. The van der Waals surface area contributed by atoms with E-state index in [1.807, 2.05) is 18.2 Å². The number of imidazole rings is 1. The number of thiazole rings is 1. The zero-order chi connectivity index (χ0) is 44.9. The summed E-state index contributed by atoms with van der Waals surface area (Å²) in [7, 11) is -2.02. The zero-order valence-electron chi connectivity index (χ0n) is 36.0. The van der Waals surface area contributed by atoms with Crippen LogP contribution in [0.3, 0.4) is 0 Å². The quantitative estimate of drug-likeness (QED) is 0.140. The number of benzene rings is 2. The summed E-state index contributed by atoms with van der Waals surface area (Å²) in [4.78, 5) is 70.5. The molecule has 0 radical (unpaired) electrons. The van der Waals surface area contributed by atoms with Crippen LogP contribution in [-0.4, -0.2) is 87.1 Å². The van der Waals surface area contributed by atoms with Gasteiger partial charge in [0.25, 0.3) is 0 Å². The summed E-state index contributed by atoms with van der Waals surface area (Å²) in [6.45, 7) is 4.51. The summed E-state index contributed by atoms with van der Waals surface area (Å²) in [6.07, 6.45) is 9.44. The number of aryl methyl sites for hydroxylation is 1. The molecule has 16 nitrogen and oxygen atoms in total. The van der Waals surface area contributed by atoms with Gasteiger partial charge in [-0.05, 0) is 100.0 Å². The number of hydrogen-bond acceptors (Lipinski definition) is 12. The maximum atomic E-state index is 16.2. The van der Waals surface area contributed by atoms with Gasteiger partial charge in [-0.3, -0.25) is 33.6 Å². The average molecular weight is 913 g/mol. The number of halogens is 1. The van der Waals surface area contributed by atoms with Crippen LogP contribution in [0.1, 0.15) is 94.5 Å². The number of aromatic nitrogens is 5. The smallest absolute Gasteiger partial charge is 0.329 e. The van der Waals surface area contributed by atoms with E-state index in [1.54, 1.807) is 42.9 Å². The maximum Gasteiger partial charge on any atom is 0.329 e. The Hall–Kier alpha value is -5.69. The second kappa shape index (κ2) is 17.4. The molecule has 338 valence electrons. The predicted octanol–water partition coefficient (Wildman–Crippen LogP) is 5.95. The van der Waals surface area contributed by atoms with Gasteiger partial charge in [-0.1, -0.05) is 19.1 Å². The van der Waals surface area contributed by atoms with Gasteiger partial charge in [0.15, 0.2) is 5.82 Å². The Morgan fingerprint density at radius 2 is 1.70 bits per heavy atom. The second-order valence-corrected chi connectivity index (χ2v) is 20.7. The molecule has 1 saturated carbocycles. The maximum absolute atomic E-state index is 16.2. The number of imide groups is 1. The van der Waals surface area contributed by atoms with Gasteiger partial charge in [0, 0.05) is 63.2 Å². The Bertz CT molecular complexity index is 2800. The van der Waals surface area contributed by atoms with Gasteiger partial charge in [-0.15, -0.1) is 11.3 Å². The summed E-state index contributed by atoms with van der Waals surface area (Å²) in [5, 5.41) is 3.24. The molecule has 5 aromatic rings. The van der Waals surface area contributed by atoms with Gasteiger partial charge in [-0.25, -0.2) is 32.6 Å². The number of sulfonamides is 1. The molecule has 4 aliphatic rings. The van der Waals surface area contributed by atoms with Gasteiger partial charge >= 0.3 is 5.69 Å². The summed E-state index contributed by atoms with van der Waals surface area (Å²) in [5.74, 6) is -1.28. The third-order valence-corrected chi connectivity index (χ3v) is 16.6. The molecule has 1 atom stereocenters. The first kappa shape index (κ1) is 43.6. The highest BCUT2D eigenvalue weighted by Gasteiger charge is 2.42. The van der Waals surface area contributed by atoms with Gasteiger partial charge in [-0.2, -0.15) is 0 Å². The fourth-order valence-corrected chi connectivity index (χ4v) is 12.7. The molecule has 4 N–H and O–H groups in total. The highest BCUT2D eigenvalue weighted by atomic mass is 32.2. The summed E-state index contributed by atoms with van der Waals surface area (Å²) >= 11 is 1.46. The van der Waals surface area contributed by atoms with Crippen LogP contribution in [0.2, 0.25) is 0 Å². The Kier molecular flexibility index (Phi) is 11.8. The standard InChI is InChI=1S/C45H53FN10O6S2/c1-3-26-64(61,62)52-30-7-4-6-29(36(30)46)37-39(31-14-21-48-43(47)49-31)63-41(51-37)27-12-17-45(18-13-27)19-24-55(25-20-45)42(59)28-15-22-54(23-16-28)32-8-5-9-33-38(32)53(2)44(60)56(33)34-10-11-35(57)50-40(34)58/h4-9,14,21,27-28,34,52H,3,10-13,15-20,22-26H2,1-2H3,(H2,47,48,49)(H,50,57,58)/t34-/m1/s1. The molecule has 19 heteroatoms. The molecule has 2 aromatic carbocycles. The largest absolute Gasteiger partial charge is 0.370 e. The van der Waals surface area contributed by atoms with Crippen molar-refractivity contribution in [2.45, 2.75) is 89.5 Å². The Labute approximate surface area is 374 Å². The van der Waals surface area contributed by atoms with E-state index < -0.39 is 27.8 Å². The van der Waals surface area contributed by atoms with E-state index in [0.29, 0.717) is 54.1 Å². The lowest BCUT2D eigenvalue weighted by Crippen LogP contribution is -2.48. The normalized spacial score (nSPS) is 20.0. The Morgan fingerprint density at radius 3 is 2.41 bits per heavy atom. The highest BCUT2D eigenvalue weighted by Crippen LogP contribution is 2.51.